The molecule has 1 aromatic carbocycles. The van der Waals surface area contributed by atoms with Crippen LogP contribution in [-0.4, -0.2) is 24.5 Å². The van der Waals surface area contributed by atoms with Crippen LogP contribution in [0.3, 0.4) is 0 Å². The predicted molar refractivity (Wildman–Crippen MR) is 77.5 cm³/mol. The van der Waals surface area contributed by atoms with E-state index >= 15 is 0 Å². The quantitative estimate of drug-likeness (QED) is 0.865. The van der Waals surface area contributed by atoms with Crippen molar-refractivity contribution in [1.29, 1.82) is 0 Å². The van der Waals surface area contributed by atoms with Crippen LogP contribution in [-0.2, 0) is 13.0 Å². The van der Waals surface area contributed by atoms with Gasteiger partial charge in [-0.3, -0.25) is 4.90 Å². The number of nitrogens with two attached hydrogens (primary N) is 1. The maximum absolute atomic E-state index is 5.58. The molecule has 2 rings (SSSR count). The van der Waals surface area contributed by atoms with Crippen LogP contribution < -0.4 is 5.73 Å². The van der Waals surface area contributed by atoms with Crippen LogP contribution in [0, 0.1) is 5.92 Å². The largest absolute Gasteiger partial charge is 0.330 e. The van der Waals surface area contributed by atoms with Crippen molar-refractivity contribution in [3.8, 4) is 0 Å². The van der Waals surface area contributed by atoms with Gasteiger partial charge in [0, 0.05) is 13.1 Å². The molecule has 1 heterocycles. The third-order valence-electron chi connectivity index (χ3n) is 3.90. The van der Waals surface area contributed by atoms with Crippen LogP contribution in [0.1, 0.15) is 37.3 Å². The summed E-state index contributed by atoms with van der Waals surface area (Å²) in [5.74, 6) is 0.763. The number of rotatable bonds is 5. The minimum Gasteiger partial charge on any atom is -0.330 e. The van der Waals surface area contributed by atoms with E-state index in [1.54, 1.807) is 5.56 Å². The number of hydrogen-bond donors (Lipinski definition) is 1. The van der Waals surface area contributed by atoms with Gasteiger partial charge in [-0.15, -0.1) is 0 Å². The maximum atomic E-state index is 5.58. The van der Waals surface area contributed by atoms with Gasteiger partial charge in [-0.05, 0) is 55.8 Å². The highest BCUT2D eigenvalue weighted by Gasteiger charge is 2.15. The highest BCUT2D eigenvalue weighted by atomic mass is 15.1. The highest BCUT2D eigenvalue weighted by molar-refractivity contribution is 5.27. The molecule has 2 nitrogen and oxygen atoms in total. The summed E-state index contributed by atoms with van der Waals surface area (Å²) in [7, 11) is 0. The summed E-state index contributed by atoms with van der Waals surface area (Å²) in [6, 6.07) is 8.91. The minimum absolute atomic E-state index is 0.763. The van der Waals surface area contributed by atoms with E-state index < -0.39 is 0 Å². The predicted octanol–water partition coefficient (Wildman–Crippen LogP) is 2.81. The van der Waals surface area contributed by atoms with E-state index in [1.807, 2.05) is 0 Å². The van der Waals surface area contributed by atoms with Crippen molar-refractivity contribution in [2.45, 2.75) is 39.2 Å². The molecule has 0 saturated carbocycles. The molecule has 0 radical (unpaired) electrons. The third kappa shape index (κ3) is 3.82. The fraction of sp³-hybridized carbons (Fsp3) is 0.625. The van der Waals surface area contributed by atoms with Gasteiger partial charge in [-0.1, -0.05) is 31.2 Å². The fourth-order valence-electron chi connectivity index (χ4n) is 2.92. The first-order valence-corrected chi connectivity index (χ1v) is 7.29. The van der Waals surface area contributed by atoms with Gasteiger partial charge in [0.25, 0.3) is 0 Å². The van der Waals surface area contributed by atoms with Crippen molar-refractivity contribution >= 4 is 0 Å². The topological polar surface area (TPSA) is 29.3 Å². The third-order valence-corrected chi connectivity index (χ3v) is 3.90. The Balaban J connectivity index is 1.91. The number of fused-ring (bicyclic) bond motifs is 1. The number of benzene rings is 1. The molecule has 100 valence electrons. The lowest BCUT2D eigenvalue weighted by Gasteiger charge is -2.24. The van der Waals surface area contributed by atoms with Gasteiger partial charge in [0.1, 0.15) is 0 Å². The summed E-state index contributed by atoms with van der Waals surface area (Å²) >= 11 is 0. The van der Waals surface area contributed by atoms with Crippen LogP contribution in [0.25, 0.3) is 0 Å². The van der Waals surface area contributed by atoms with Crippen LogP contribution in [0.15, 0.2) is 24.3 Å². The molecule has 0 spiro atoms. The number of hydrogen-bond acceptors (Lipinski definition) is 2. The summed E-state index contributed by atoms with van der Waals surface area (Å²) in [5, 5.41) is 0. The summed E-state index contributed by atoms with van der Waals surface area (Å²) in [6.07, 6.45) is 4.95. The zero-order valence-electron chi connectivity index (χ0n) is 11.6. The van der Waals surface area contributed by atoms with Crippen molar-refractivity contribution in [3.63, 3.8) is 0 Å². The Hall–Kier alpha value is -0.860. The molecule has 1 aliphatic rings. The lowest BCUT2D eigenvalue weighted by Crippen LogP contribution is -2.28. The molecular weight excluding hydrogens is 220 g/mol. The van der Waals surface area contributed by atoms with Gasteiger partial charge in [0.2, 0.25) is 0 Å². The van der Waals surface area contributed by atoms with Crippen molar-refractivity contribution in [1.82, 2.24) is 4.90 Å². The molecule has 0 fully saturated rings. The average molecular weight is 246 g/mol. The maximum Gasteiger partial charge on any atom is 0.0236 e. The standard InChI is InChI=1S/C16H26N2/c1-14(6-4-10-17)12-18-11-5-9-15-7-2-3-8-16(15)13-18/h2-3,7-8,14H,4-6,9-13,17H2,1H3. The van der Waals surface area contributed by atoms with E-state index in [1.165, 1.54) is 37.9 Å². The second-order valence-electron chi connectivity index (χ2n) is 5.64. The van der Waals surface area contributed by atoms with Gasteiger partial charge < -0.3 is 5.73 Å². The smallest absolute Gasteiger partial charge is 0.0236 e. The molecular formula is C16H26N2. The first-order chi connectivity index (χ1) is 8.79. The van der Waals surface area contributed by atoms with Gasteiger partial charge >= 0.3 is 0 Å². The van der Waals surface area contributed by atoms with Crippen molar-refractivity contribution in [2.24, 2.45) is 11.7 Å². The van der Waals surface area contributed by atoms with Crippen LogP contribution in [0.5, 0.6) is 0 Å². The van der Waals surface area contributed by atoms with E-state index in [-0.39, 0.29) is 0 Å². The zero-order valence-corrected chi connectivity index (χ0v) is 11.6. The van der Waals surface area contributed by atoms with Gasteiger partial charge in [-0.25, -0.2) is 0 Å². The fourth-order valence-corrected chi connectivity index (χ4v) is 2.92. The van der Waals surface area contributed by atoms with E-state index in [9.17, 15) is 0 Å². The molecule has 1 unspecified atom stereocenters. The highest BCUT2D eigenvalue weighted by Crippen LogP contribution is 2.19. The van der Waals surface area contributed by atoms with E-state index in [0.717, 1.165) is 25.4 Å². The average Bonchev–Trinajstić information content (AvgIpc) is 2.57. The van der Waals surface area contributed by atoms with Crippen LogP contribution in [0.4, 0.5) is 0 Å². The molecule has 1 aromatic rings. The molecule has 18 heavy (non-hydrogen) atoms. The Bertz CT molecular complexity index is 362. The molecule has 0 saturated heterocycles. The Labute approximate surface area is 111 Å². The monoisotopic (exact) mass is 246 g/mol. The number of aryl methyl sites for hydroxylation is 1. The second kappa shape index (κ2) is 6.91. The lowest BCUT2D eigenvalue weighted by molar-refractivity contribution is 0.226. The van der Waals surface area contributed by atoms with Crippen LogP contribution in [0.2, 0.25) is 0 Å². The molecule has 0 amide bonds. The molecule has 2 N–H and O–H groups in total. The molecule has 0 aromatic heterocycles. The van der Waals surface area contributed by atoms with Gasteiger partial charge in [-0.2, -0.15) is 0 Å². The first kappa shape index (κ1) is 13.6. The number of nitrogens with zero attached hydrogens (tertiary/aromatic N) is 1. The summed E-state index contributed by atoms with van der Waals surface area (Å²) in [6.45, 7) is 6.76. The summed E-state index contributed by atoms with van der Waals surface area (Å²) in [4.78, 5) is 2.62. The molecule has 1 aliphatic heterocycles. The molecule has 0 bridgehead atoms. The lowest BCUT2D eigenvalue weighted by atomic mass is 10.0. The summed E-state index contributed by atoms with van der Waals surface area (Å²) < 4.78 is 0. The van der Waals surface area contributed by atoms with Gasteiger partial charge in [0.05, 0.1) is 0 Å². The SMILES string of the molecule is CC(CCCN)CN1CCCc2ccccc2C1. The van der Waals surface area contributed by atoms with Crippen molar-refractivity contribution in [2.75, 3.05) is 19.6 Å². The van der Waals surface area contributed by atoms with Crippen molar-refractivity contribution < 1.29 is 0 Å². The molecule has 2 heteroatoms. The van der Waals surface area contributed by atoms with Gasteiger partial charge in [0.15, 0.2) is 0 Å². The van der Waals surface area contributed by atoms with E-state index in [0.29, 0.717) is 0 Å². The molecule has 1 atom stereocenters. The van der Waals surface area contributed by atoms with E-state index in [2.05, 4.69) is 36.1 Å². The summed E-state index contributed by atoms with van der Waals surface area (Å²) in [5.41, 5.74) is 8.66. The Morgan fingerprint density at radius 3 is 2.83 bits per heavy atom. The molecule has 0 aliphatic carbocycles. The second-order valence-corrected chi connectivity index (χ2v) is 5.64. The zero-order chi connectivity index (χ0) is 12.8. The normalized spacial score (nSPS) is 18.1. The Morgan fingerprint density at radius 2 is 2.06 bits per heavy atom. The Kier molecular flexibility index (Phi) is 5.21. The minimum atomic E-state index is 0.763. The van der Waals surface area contributed by atoms with Crippen LogP contribution >= 0.6 is 0 Å². The first-order valence-electron chi connectivity index (χ1n) is 7.29. The van der Waals surface area contributed by atoms with Crippen molar-refractivity contribution in [3.05, 3.63) is 35.4 Å². The Morgan fingerprint density at radius 1 is 1.28 bits per heavy atom. The van der Waals surface area contributed by atoms with E-state index in [4.69, 9.17) is 5.73 Å².